The molecule has 1 aliphatic rings. The first-order chi connectivity index (χ1) is 14.9. The van der Waals surface area contributed by atoms with Crippen LogP contribution in [0.2, 0.25) is 0 Å². The Morgan fingerprint density at radius 3 is 2.59 bits per heavy atom. The van der Waals surface area contributed by atoms with Crippen molar-refractivity contribution in [3.05, 3.63) is 52.8 Å². The van der Waals surface area contributed by atoms with Gasteiger partial charge in [-0.15, -0.1) is 24.0 Å². The lowest BCUT2D eigenvalue weighted by Gasteiger charge is -2.23. The second-order valence-electron chi connectivity index (χ2n) is 8.58. The third-order valence-electron chi connectivity index (χ3n) is 5.64. The van der Waals surface area contributed by atoms with E-state index in [4.69, 9.17) is 4.99 Å². The summed E-state index contributed by atoms with van der Waals surface area (Å²) in [6.45, 7) is 10.1. The summed E-state index contributed by atoms with van der Waals surface area (Å²) < 4.78 is 1.89. The van der Waals surface area contributed by atoms with E-state index in [2.05, 4.69) is 61.5 Å². The highest BCUT2D eigenvalue weighted by Gasteiger charge is 2.21. The summed E-state index contributed by atoms with van der Waals surface area (Å²) in [5.74, 6) is 1.50. The van der Waals surface area contributed by atoms with E-state index in [1.165, 1.54) is 11.1 Å². The first-order valence-electron chi connectivity index (χ1n) is 11.3. The topological polar surface area (TPSA) is 65.8 Å². The molecule has 1 amide bonds. The van der Waals surface area contributed by atoms with Crippen molar-refractivity contribution in [2.24, 2.45) is 12.0 Å². The fraction of sp³-hybridized carbons (Fsp3) is 0.542. The molecule has 0 aliphatic carbocycles. The first kappa shape index (κ1) is 26.2. The Kier molecular flexibility index (Phi) is 9.99. The number of aryl methyl sites for hydroxylation is 1. The van der Waals surface area contributed by atoms with Gasteiger partial charge in [0.1, 0.15) is 0 Å². The zero-order valence-corrected chi connectivity index (χ0v) is 22.3. The van der Waals surface area contributed by atoms with Gasteiger partial charge in [-0.1, -0.05) is 38.1 Å². The summed E-state index contributed by atoms with van der Waals surface area (Å²) >= 11 is 0. The van der Waals surface area contributed by atoms with Gasteiger partial charge in [-0.3, -0.25) is 9.48 Å². The number of carbonyl (C=O) groups excluding carboxylic acids is 1. The van der Waals surface area contributed by atoms with Crippen molar-refractivity contribution in [3.8, 4) is 0 Å². The number of amides is 1. The molecule has 3 rings (SSSR count). The Bertz CT molecular complexity index is 923. The average molecular weight is 553 g/mol. The van der Waals surface area contributed by atoms with Crippen LogP contribution in [0.4, 0.5) is 0 Å². The molecular weight excluding hydrogens is 515 g/mol. The van der Waals surface area contributed by atoms with Gasteiger partial charge in [0, 0.05) is 58.5 Å². The molecule has 1 aromatic heterocycles. The van der Waals surface area contributed by atoms with Crippen molar-refractivity contribution in [1.29, 1.82) is 0 Å². The summed E-state index contributed by atoms with van der Waals surface area (Å²) in [5.41, 5.74) is 4.69. The number of carbonyl (C=O) groups is 1. The number of nitrogens with one attached hydrogen (secondary N) is 1. The van der Waals surface area contributed by atoms with Gasteiger partial charge in [-0.25, -0.2) is 4.99 Å². The van der Waals surface area contributed by atoms with Gasteiger partial charge < -0.3 is 15.1 Å². The highest BCUT2D eigenvalue weighted by Crippen LogP contribution is 2.20. The van der Waals surface area contributed by atoms with Crippen LogP contribution in [-0.2, 0) is 31.5 Å². The van der Waals surface area contributed by atoms with E-state index in [9.17, 15) is 4.79 Å². The SMILES string of the molecule is CCNC(=NCc1ccccc1CN1CCCC1=O)N(C)Cc1cn(C)nc1C(C)C.I. The molecule has 2 heterocycles. The summed E-state index contributed by atoms with van der Waals surface area (Å²) in [7, 11) is 4.03. The van der Waals surface area contributed by atoms with Gasteiger partial charge in [0.05, 0.1) is 12.2 Å². The van der Waals surface area contributed by atoms with Gasteiger partial charge in [0.15, 0.2) is 5.96 Å². The van der Waals surface area contributed by atoms with Gasteiger partial charge in [0.2, 0.25) is 5.91 Å². The number of hydrogen-bond acceptors (Lipinski definition) is 3. The summed E-state index contributed by atoms with van der Waals surface area (Å²) in [6.07, 6.45) is 3.72. The summed E-state index contributed by atoms with van der Waals surface area (Å²) in [5, 5.41) is 8.04. The lowest BCUT2D eigenvalue weighted by molar-refractivity contribution is -0.128. The van der Waals surface area contributed by atoms with Gasteiger partial charge >= 0.3 is 0 Å². The van der Waals surface area contributed by atoms with E-state index in [0.717, 1.165) is 43.3 Å². The lowest BCUT2D eigenvalue weighted by Crippen LogP contribution is -2.38. The van der Waals surface area contributed by atoms with Crippen molar-refractivity contribution in [2.75, 3.05) is 20.1 Å². The van der Waals surface area contributed by atoms with E-state index in [1.807, 2.05) is 28.8 Å². The maximum atomic E-state index is 12.1. The molecule has 8 heteroatoms. The largest absolute Gasteiger partial charge is 0.357 e. The van der Waals surface area contributed by atoms with Crippen LogP contribution in [0.3, 0.4) is 0 Å². The first-order valence-corrected chi connectivity index (χ1v) is 11.3. The van der Waals surface area contributed by atoms with Crippen LogP contribution in [0.5, 0.6) is 0 Å². The van der Waals surface area contributed by atoms with E-state index in [-0.39, 0.29) is 29.9 Å². The number of benzene rings is 1. The standard InChI is InChI=1S/C24H36N6O.HI/c1-6-25-24(28(4)15-21-16-29(5)27-23(21)18(2)3)26-14-19-10-7-8-11-20(19)17-30-13-9-12-22(30)31;/h7-8,10-11,16,18H,6,9,12-15,17H2,1-5H3,(H,25,26);1H. The van der Waals surface area contributed by atoms with Gasteiger partial charge in [-0.05, 0) is 30.4 Å². The minimum Gasteiger partial charge on any atom is -0.357 e. The summed E-state index contributed by atoms with van der Waals surface area (Å²) in [6, 6.07) is 8.30. The predicted molar refractivity (Wildman–Crippen MR) is 140 cm³/mol. The molecule has 32 heavy (non-hydrogen) atoms. The Labute approximate surface area is 209 Å². The predicted octanol–water partition coefficient (Wildman–Crippen LogP) is 3.88. The van der Waals surface area contributed by atoms with Crippen LogP contribution in [0.15, 0.2) is 35.5 Å². The average Bonchev–Trinajstić information content (AvgIpc) is 3.31. The molecule has 0 spiro atoms. The fourth-order valence-electron chi connectivity index (χ4n) is 4.07. The maximum absolute atomic E-state index is 12.1. The molecule has 2 aromatic rings. The van der Waals surface area contributed by atoms with E-state index in [1.54, 1.807) is 0 Å². The van der Waals surface area contributed by atoms with Crippen molar-refractivity contribution in [2.45, 2.75) is 59.2 Å². The Morgan fingerprint density at radius 2 is 1.97 bits per heavy atom. The molecule has 1 fully saturated rings. The van der Waals surface area contributed by atoms with Crippen molar-refractivity contribution < 1.29 is 4.79 Å². The monoisotopic (exact) mass is 552 g/mol. The molecule has 1 saturated heterocycles. The fourth-order valence-corrected chi connectivity index (χ4v) is 4.07. The third-order valence-corrected chi connectivity index (χ3v) is 5.64. The number of guanidine groups is 1. The van der Waals surface area contributed by atoms with E-state index >= 15 is 0 Å². The molecule has 0 bridgehead atoms. The maximum Gasteiger partial charge on any atom is 0.222 e. The normalized spacial score (nSPS) is 14.1. The molecule has 176 valence electrons. The minimum absolute atomic E-state index is 0. The van der Waals surface area contributed by atoms with Crippen LogP contribution in [-0.4, -0.2) is 51.6 Å². The van der Waals surface area contributed by atoms with E-state index in [0.29, 0.717) is 25.4 Å². The molecule has 1 N–H and O–H groups in total. The van der Waals surface area contributed by atoms with Crippen molar-refractivity contribution >= 4 is 35.8 Å². The lowest BCUT2D eigenvalue weighted by atomic mass is 10.1. The van der Waals surface area contributed by atoms with Crippen LogP contribution >= 0.6 is 24.0 Å². The number of halogens is 1. The van der Waals surface area contributed by atoms with Crippen molar-refractivity contribution in [3.63, 3.8) is 0 Å². The summed E-state index contributed by atoms with van der Waals surface area (Å²) in [4.78, 5) is 21.1. The van der Waals surface area contributed by atoms with Gasteiger partial charge in [-0.2, -0.15) is 5.10 Å². The Balaban J connectivity index is 0.00000363. The molecule has 1 aliphatic heterocycles. The molecule has 0 radical (unpaired) electrons. The third kappa shape index (κ3) is 6.70. The number of aliphatic imine (C=N–C) groups is 1. The second kappa shape index (κ2) is 12.2. The molecule has 0 atom stereocenters. The number of rotatable bonds is 8. The number of likely N-dealkylation sites (tertiary alicyclic amines) is 1. The highest BCUT2D eigenvalue weighted by atomic mass is 127. The zero-order chi connectivity index (χ0) is 22.4. The molecule has 0 saturated carbocycles. The Hall–Kier alpha value is -2.10. The number of nitrogens with zero attached hydrogens (tertiary/aromatic N) is 5. The molecular formula is C24H37IN6O. The minimum atomic E-state index is 0. The quantitative estimate of drug-likeness (QED) is 0.307. The molecule has 7 nitrogen and oxygen atoms in total. The zero-order valence-electron chi connectivity index (χ0n) is 20.0. The highest BCUT2D eigenvalue weighted by molar-refractivity contribution is 14.0. The smallest absolute Gasteiger partial charge is 0.222 e. The molecule has 1 aromatic carbocycles. The number of aromatic nitrogens is 2. The van der Waals surface area contributed by atoms with Crippen LogP contribution in [0.25, 0.3) is 0 Å². The Morgan fingerprint density at radius 1 is 1.25 bits per heavy atom. The second-order valence-corrected chi connectivity index (χ2v) is 8.58. The van der Waals surface area contributed by atoms with Crippen LogP contribution in [0, 0.1) is 0 Å². The van der Waals surface area contributed by atoms with E-state index < -0.39 is 0 Å². The molecule has 0 unspecified atom stereocenters. The van der Waals surface area contributed by atoms with Crippen LogP contribution in [0.1, 0.15) is 61.9 Å². The number of hydrogen-bond donors (Lipinski definition) is 1. The van der Waals surface area contributed by atoms with Crippen LogP contribution < -0.4 is 5.32 Å². The van der Waals surface area contributed by atoms with Crippen molar-refractivity contribution in [1.82, 2.24) is 24.9 Å². The van der Waals surface area contributed by atoms with Gasteiger partial charge in [0.25, 0.3) is 0 Å².